The van der Waals surface area contributed by atoms with Crippen molar-refractivity contribution in [3.8, 4) is 0 Å². The summed E-state index contributed by atoms with van der Waals surface area (Å²) in [7, 11) is 0. The lowest BCUT2D eigenvalue weighted by Crippen LogP contribution is -2.49. The van der Waals surface area contributed by atoms with Crippen LogP contribution in [0.15, 0.2) is 53.3 Å². The van der Waals surface area contributed by atoms with Crippen LogP contribution in [0.1, 0.15) is 54.9 Å². The van der Waals surface area contributed by atoms with Crippen molar-refractivity contribution < 1.29 is 0 Å². The van der Waals surface area contributed by atoms with Gasteiger partial charge in [0.1, 0.15) is 6.04 Å². The summed E-state index contributed by atoms with van der Waals surface area (Å²) in [5.74, 6) is 0.703. The van der Waals surface area contributed by atoms with Crippen LogP contribution in [0.2, 0.25) is 0 Å². The summed E-state index contributed by atoms with van der Waals surface area (Å²) in [5, 5.41) is 13.9. The van der Waals surface area contributed by atoms with Crippen molar-refractivity contribution in [2.24, 2.45) is 0 Å². The summed E-state index contributed by atoms with van der Waals surface area (Å²) < 4.78 is 1.86. The predicted molar refractivity (Wildman–Crippen MR) is 142 cm³/mol. The standard InChI is InChI=1S/C28H35N7O/c1-19-11-12-20(2)24-22(19)17-23(27(36)29-24)25(26-30-31-32-35(26)28(3,4)5)34-15-13-33(14-16-34)18-21-9-7-6-8-10-21/h6-12,17,25H,13-16,18H2,1-5H3,(H,29,36). The molecule has 0 spiro atoms. The summed E-state index contributed by atoms with van der Waals surface area (Å²) in [5.41, 5.74) is 4.69. The highest BCUT2D eigenvalue weighted by molar-refractivity contribution is 5.85. The van der Waals surface area contributed by atoms with E-state index in [1.165, 1.54) is 5.56 Å². The van der Waals surface area contributed by atoms with Gasteiger partial charge < -0.3 is 4.98 Å². The van der Waals surface area contributed by atoms with Gasteiger partial charge in [-0.15, -0.1) is 5.10 Å². The molecular formula is C28H35N7O. The van der Waals surface area contributed by atoms with E-state index in [2.05, 4.69) is 107 Å². The first kappa shape index (κ1) is 24.3. The smallest absolute Gasteiger partial charge is 0.253 e. The summed E-state index contributed by atoms with van der Waals surface area (Å²) in [6, 6.07) is 16.4. The number of hydrogen-bond donors (Lipinski definition) is 1. The van der Waals surface area contributed by atoms with Gasteiger partial charge in [0.2, 0.25) is 0 Å². The van der Waals surface area contributed by atoms with Crippen LogP contribution in [0.4, 0.5) is 0 Å². The summed E-state index contributed by atoms with van der Waals surface area (Å²) >= 11 is 0. The molecule has 1 atom stereocenters. The van der Waals surface area contributed by atoms with E-state index >= 15 is 0 Å². The number of aryl methyl sites for hydroxylation is 2. The van der Waals surface area contributed by atoms with Crippen molar-refractivity contribution in [3.05, 3.63) is 87.0 Å². The number of piperazine rings is 1. The number of aromatic amines is 1. The number of hydrogen-bond acceptors (Lipinski definition) is 6. The van der Waals surface area contributed by atoms with Gasteiger partial charge in [0.25, 0.3) is 5.56 Å². The quantitative estimate of drug-likeness (QED) is 0.463. The van der Waals surface area contributed by atoms with Gasteiger partial charge in [-0.3, -0.25) is 14.6 Å². The first-order valence-electron chi connectivity index (χ1n) is 12.6. The monoisotopic (exact) mass is 485 g/mol. The van der Waals surface area contributed by atoms with Crippen LogP contribution in [0, 0.1) is 13.8 Å². The van der Waals surface area contributed by atoms with E-state index in [1.54, 1.807) is 0 Å². The van der Waals surface area contributed by atoms with Crippen LogP contribution in [0.25, 0.3) is 10.9 Å². The number of aromatic nitrogens is 5. The SMILES string of the molecule is Cc1ccc(C)c2[nH]c(=O)c(C(c3nnnn3C(C)(C)C)N3CCN(Cc4ccccc4)CC3)cc12. The molecule has 1 aliphatic heterocycles. The van der Waals surface area contributed by atoms with E-state index in [9.17, 15) is 4.79 Å². The summed E-state index contributed by atoms with van der Waals surface area (Å²) in [6.45, 7) is 14.7. The molecule has 5 rings (SSSR count). The van der Waals surface area contributed by atoms with Crippen LogP contribution >= 0.6 is 0 Å². The Bertz CT molecular complexity index is 1410. The average molecular weight is 486 g/mol. The highest BCUT2D eigenvalue weighted by Gasteiger charge is 2.35. The fourth-order valence-electron chi connectivity index (χ4n) is 5.16. The lowest BCUT2D eigenvalue weighted by atomic mass is 9.98. The molecule has 0 saturated carbocycles. The third-order valence-electron chi connectivity index (χ3n) is 7.16. The van der Waals surface area contributed by atoms with Crippen LogP contribution in [0.3, 0.4) is 0 Å². The molecular weight excluding hydrogens is 450 g/mol. The maximum absolute atomic E-state index is 13.6. The average Bonchev–Trinajstić information content (AvgIpc) is 3.34. The normalized spacial score (nSPS) is 16.5. The van der Waals surface area contributed by atoms with E-state index in [4.69, 9.17) is 0 Å². The molecule has 1 unspecified atom stereocenters. The van der Waals surface area contributed by atoms with E-state index in [1.807, 2.05) is 11.6 Å². The minimum absolute atomic E-state index is 0.0867. The summed E-state index contributed by atoms with van der Waals surface area (Å²) in [6.07, 6.45) is 0. The first-order chi connectivity index (χ1) is 17.2. The van der Waals surface area contributed by atoms with Crippen LogP contribution in [-0.2, 0) is 12.1 Å². The molecule has 1 N–H and O–H groups in total. The molecule has 36 heavy (non-hydrogen) atoms. The zero-order chi connectivity index (χ0) is 25.4. The van der Waals surface area contributed by atoms with E-state index in [0.717, 1.165) is 54.8 Å². The largest absolute Gasteiger partial charge is 0.321 e. The topological polar surface area (TPSA) is 82.9 Å². The maximum Gasteiger partial charge on any atom is 0.253 e. The van der Waals surface area contributed by atoms with E-state index in [0.29, 0.717) is 11.4 Å². The molecule has 2 aromatic carbocycles. The second kappa shape index (κ2) is 9.59. The number of fused-ring (bicyclic) bond motifs is 1. The summed E-state index contributed by atoms with van der Waals surface area (Å²) in [4.78, 5) is 21.6. The van der Waals surface area contributed by atoms with Crippen molar-refractivity contribution >= 4 is 10.9 Å². The van der Waals surface area contributed by atoms with Crippen molar-refractivity contribution in [1.82, 2.24) is 35.0 Å². The van der Waals surface area contributed by atoms with E-state index in [-0.39, 0.29) is 17.1 Å². The Kier molecular flexibility index (Phi) is 6.49. The van der Waals surface area contributed by atoms with E-state index < -0.39 is 0 Å². The van der Waals surface area contributed by atoms with Crippen molar-refractivity contribution in [2.75, 3.05) is 26.2 Å². The number of rotatable bonds is 5. The Labute approximate surface area is 211 Å². The number of nitrogens with one attached hydrogen (secondary N) is 1. The molecule has 0 radical (unpaired) electrons. The molecule has 188 valence electrons. The number of benzene rings is 2. The maximum atomic E-state index is 13.6. The van der Waals surface area contributed by atoms with Crippen molar-refractivity contribution in [3.63, 3.8) is 0 Å². The molecule has 8 nitrogen and oxygen atoms in total. The van der Waals surface area contributed by atoms with Gasteiger partial charge in [0.15, 0.2) is 5.82 Å². The minimum atomic E-state index is -0.342. The molecule has 8 heteroatoms. The molecule has 0 amide bonds. The van der Waals surface area contributed by atoms with Crippen molar-refractivity contribution in [2.45, 2.75) is 52.7 Å². The Balaban J connectivity index is 1.54. The fraction of sp³-hybridized carbons (Fsp3) is 0.429. The van der Waals surface area contributed by atoms with Gasteiger partial charge in [-0.25, -0.2) is 4.68 Å². The second-order valence-corrected chi connectivity index (χ2v) is 10.9. The van der Waals surface area contributed by atoms with Gasteiger partial charge in [-0.1, -0.05) is 42.5 Å². The van der Waals surface area contributed by atoms with Gasteiger partial charge >= 0.3 is 0 Å². The highest BCUT2D eigenvalue weighted by atomic mass is 16.1. The number of H-pyrrole nitrogens is 1. The zero-order valence-electron chi connectivity index (χ0n) is 21.8. The predicted octanol–water partition coefficient (Wildman–Crippen LogP) is 3.79. The highest BCUT2D eigenvalue weighted by Crippen LogP contribution is 2.31. The zero-order valence-corrected chi connectivity index (χ0v) is 21.8. The van der Waals surface area contributed by atoms with Gasteiger partial charge in [0, 0.05) is 43.7 Å². The first-order valence-corrected chi connectivity index (χ1v) is 12.6. The Morgan fingerprint density at radius 1 is 0.972 bits per heavy atom. The molecule has 1 saturated heterocycles. The van der Waals surface area contributed by atoms with Crippen LogP contribution in [-0.4, -0.2) is 61.2 Å². The fourth-order valence-corrected chi connectivity index (χ4v) is 5.16. The molecule has 0 aliphatic carbocycles. The lowest BCUT2D eigenvalue weighted by molar-refractivity contribution is 0.0975. The number of tetrazole rings is 1. The Morgan fingerprint density at radius 2 is 1.67 bits per heavy atom. The second-order valence-electron chi connectivity index (χ2n) is 10.9. The number of pyridine rings is 1. The number of nitrogens with zero attached hydrogens (tertiary/aromatic N) is 6. The van der Waals surface area contributed by atoms with Gasteiger partial charge in [-0.05, 0) is 67.8 Å². The molecule has 2 aromatic heterocycles. The van der Waals surface area contributed by atoms with Gasteiger partial charge in [0.05, 0.1) is 11.1 Å². The molecule has 4 aromatic rings. The molecule has 3 heterocycles. The molecule has 1 fully saturated rings. The molecule has 1 aliphatic rings. The third-order valence-corrected chi connectivity index (χ3v) is 7.16. The van der Waals surface area contributed by atoms with Crippen LogP contribution < -0.4 is 5.56 Å². The minimum Gasteiger partial charge on any atom is -0.321 e. The Morgan fingerprint density at radius 3 is 2.36 bits per heavy atom. The lowest BCUT2D eigenvalue weighted by Gasteiger charge is -2.39. The Hall–Kier alpha value is -3.36. The third kappa shape index (κ3) is 4.70. The van der Waals surface area contributed by atoms with Gasteiger partial charge in [-0.2, -0.15) is 0 Å². The van der Waals surface area contributed by atoms with Crippen molar-refractivity contribution in [1.29, 1.82) is 0 Å². The van der Waals surface area contributed by atoms with Crippen LogP contribution in [0.5, 0.6) is 0 Å². The molecule has 0 bridgehead atoms.